The van der Waals surface area contributed by atoms with E-state index in [-0.39, 0.29) is 5.91 Å². The Hall–Kier alpha value is -1.60. The summed E-state index contributed by atoms with van der Waals surface area (Å²) < 4.78 is 11.7. The number of ether oxygens (including phenoxy) is 2. The molecule has 20 heavy (non-hydrogen) atoms. The Kier molecular flexibility index (Phi) is 7.03. The van der Waals surface area contributed by atoms with Gasteiger partial charge in [0.05, 0.1) is 24.6 Å². The Morgan fingerprint density at radius 2 is 2.10 bits per heavy atom. The maximum Gasteiger partial charge on any atom is 0.271 e. The van der Waals surface area contributed by atoms with Crippen LogP contribution in [-0.2, 0) is 16.5 Å². The molecule has 0 aliphatic carbocycles. The zero-order valence-electron chi connectivity index (χ0n) is 12.4. The monoisotopic (exact) mass is 284 g/mol. The summed E-state index contributed by atoms with van der Waals surface area (Å²) in [5.74, 6) is -0.189. The van der Waals surface area contributed by atoms with E-state index in [1.54, 1.807) is 21.1 Å². The van der Waals surface area contributed by atoms with Crippen molar-refractivity contribution in [3.05, 3.63) is 11.4 Å². The van der Waals surface area contributed by atoms with Crippen molar-refractivity contribution >= 4 is 11.6 Å². The van der Waals surface area contributed by atoms with E-state index in [0.717, 1.165) is 12.8 Å². The number of nitrogens with one attached hydrogen (secondary N) is 1. The van der Waals surface area contributed by atoms with Gasteiger partial charge in [-0.2, -0.15) is 5.10 Å². The molecular formula is C13H24N4O3. The standard InChI is InChI=1S/C13H24N4O3/c1-10-11(14)12(17(2)16-10)13(18)15-6-4-5-7-20-9-8-19-3/h4-9,14H2,1-3H3,(H,15,18). The SMILES string of the molecule is COCCOCCCCNC(=O)c1c(N)c(C)nn1C. The van der Waals surface area contributed by atoms with Gasteiger partial charge in [-0.3, -0.25) is 9.48 Å². The first-order chi connectivity index (χ1) is 9.57. The van der Waals surface area contributed by atoms with E-state index in [4.69, 9.17) is 15.2 Å². The molecule has 0 radical (unpaired) electrons. The first-order valence-corrected chi connectivity index (χ1v) is 6.72. The Morgan fingerprint density at radius 3 is 2.70 bits per heavy atom. The molecule has 1 rings (SSSR count). The fourth-order valence-electron chi connectivity index (χ4n) is 1.80. The third kappa shape index (κ3) is 4.82. The number of methoxy groups -OCH3 is 1. The smallest absolute Gasteiger partial charge is 0.271 e. The maximum atomic E-state index is 12.0. The Balaban J connectivity index is 2.20. The van der Waals surface area contributed by atoms with Crippen LogP contribution in [0.15, 0.2) is 0 Å². The van der Waals surface area contributed by atoms with E-state index in [9.17, 15) is 4.79 Å². The van der Waals surface area contributed by atoms with Gasteiger partial charge >= 0.3 is 0 Å². The second-order valence-electron chi connectivity index (χ2n) is 4.54. The summed E-state index contributed by atoms with van der Waals surface area (Å²) in [7, 11) is 3.35. The lowest BCUT2D eigenvalue weighted by Gasteiger charge is -2.07. The van der Waals surface area contributed by atoms with Crippen LogP contribution in [0.1, 0.15) is 29.0 Å². The Morgan fingerprint density at radius 1 is 1.35 bits per heavy atom. The minimum atomic E-state index is -0.189. The number of anilines is 1. The van der Waals surface area contributed by atoms with Gasteiger partial charge in [0.25, 0.3) is 5.91 Å². The van der Waals surface area contributed by atoms with E-state index in [1.165, 1.54) is 4.68 Å². The first kappa shape index (κ1) is 16.5. The van der Waals surface area contributed by atoms with Crippen LogP contribution in [0.3, 0.4) is 0 Å². The molecule has 7 nitrogen and oxygen atoms in total. The molecule has 114 valence electrons. The van der Waals surface area contributed by atoms with Crippen molar-refractivity contribution in [1.82, 2.24) is 15.1 Å². The van der Waals surface area contributed by atoms with Crippen molar-refractivity contribution in [3.8, 4) is 0 Å². The van der Waals surface area contributed by atoms with Gasteiger partial charge in [0, 0.05) is 27.3 Å². The van der Waals surface area contributed by atoms with Crippen LogP contribution in [0.25, 0.3) is 0 Å². The van der Waals surface area contributed by atoms with Crippen molar-refractivity contribution in [3.63, 3.8) is 0 Å². The molecule has 0 aromatic carbocycles. The summed E-state index contributed by atoms with van der Waals surface area (Å²) in [6, 6.07) is 0. The summed E-state index contributed by atoms with van der Waals surface area (Å²) in [6.45, 7) is 4.26. The third-order valence-corrected chi connectivity index (χ3v) is 2.92. The summed E-state index contributed by atoms with van der Waals surface area (Å²) in [4.78, 5) is 12.0. The highest BCUT2D eigenvalue weighted by Gasteiger charge is 2.16. The van der Waals surface area contributed by atoms with Crippen molar-refractivity contribution in [2.75, 3.05) is 39.2 Å². The zero-order valence-corrected chi connectivity index (χ0v) is 12.4. The van der Waals surface area contributed by atoms with E-state index < -0.39 is 0 Å². The van der Waals surface area contributed by atoms with E-state index >= 15 is 0 Å². The topological polar surface area (TPSA) is 91.4 Å². The summed E-state index contributed by atoms with van der Waals surface area (Å²) >= 11 is 0. The predicted molar refractivity (Wildman–Crippen MR) is 76.6 cm³/mol. The molecule has 1 aromatic rings. The second kappa shape index (κ2) is 8.55. The highest BCUT2D eigenvalue weighted by molar-refractivity contribution is 5.97. The average Bonchev–Trinajstić information content (AvgIpc) is 2.66. The number of hydrogen-bond acceptors (Lipinski definition) is 5. The number of nitrogens with zero attached hydrogens (tertiary/aromatic N) is 2. The minimum absolute atomic E-state index is 0.189. The van der Waals surface area contributed by atoms with E-state index in [1.807, 2.05) is 0 Å². The molecule has 0 aliphatic rings. The van der Waals surface area contributed by atoms with E-state index in [2.05, 4.69) is 10.4 Å². The number of nitrogens with two attached hydrogens (primary N) is 1. The molecule has 0 saturated heterocycles. The Labute approximate surface area is 119 Å². The maximum absolute atomic E-state index is 12.0. The second-order valence-corrected chi connectivity index (χ2v) is 4.54. The van der Waals surface area contributed by atoms with Crippen LogP contribution in [0, 0.1) is 6.92 Å². The summed E-state index contributed by atoms with van der Waals surface area (Å²) in [5, 5.41) is 6.95. The molecule has 7 heteroatoms. The first-order valence-electron chi connectivity index (χ1n) is 6.72. The fraction of sp³-hybridized carbons (Fsp3) is 0.692. The highest BCUT2D eigenvalue weighted by Crippen LogP contribution is 2.14. The number of unbranched alkanes of at least 4 members (excludes halogenated alkanes) is 1. The molecule has 0 bridgehead atoms. The van der Waals surface area contributed by atoms with Gasteiger partial charge in [-0.05, 0) is 19.8 Å². The predicted octanol–water partition coefficient (Wildman–Crippen LogP) is 0.484. The minimum Gasteiger partial charge on any atom is -0.395 e. The van der Waals surface area contributed by atoms with Crippen LogP contribution in [-0.4, -0.2) is 49.2 Å². The summed E-state index contributed by atoms with van der Waals surface area (Å²) in [5.41, 5.74) is 7.35. The molecule has 3 N–H and O–H groups in total. The normalized spacial score (nSPS) is 10.8. The molecule has 1 heterocycles. The quantitative estimate of drug-likeness (QED) is 0.644. The largest absolute Gasteiger partial charge is 0.395 e. The average molecular weight is 284 g/mol. The number of rotatable bonds is 9. The Bertz CT molecular complexity index is 431. The third-order valence-electron chi connectivity index (χ3n) is 2.92. The zero-order chi connectivity index (χ0) is 15.0. The highest BCUT2D eigenvalue weighted by atomic mass is 16.5. The number of carbonyl (C=O) groups is 1. The number of aryl methyl sites for hydroxylation is 2. The van der Waals surface area contributed by atoms with Gasteiger partial charge in [0.2, 0.25) is 0 Å². The van der Waals surface area contributed by atoms with Crippen LogP contribution >= 0.6 is 0 Å². The molecule has 1 amide bonds. The van der Waals surface area contributed by atoms with E-state index in [0.29, 0.717) is 43.4 Å². The molecule has 0 saturated carbocycles. The van der Waals surface area contributed by atoms with Crippen molar-refractivity contribution in [2.45, 2.75) is 19.8 Å². The van der Waals surface area contributed by atoms with Gasteiger partial charge < -0.3 is 20.5 Å². The van der Waals surface area contributed by atoms with Gasteiger partial charge in [0.15, 0.2) is 0 Å². The lowest BCUT2D eigenvalue weighted by Crippen LogP contribution is -2.27. The number of aromatic nitrogens is 2. The number of amides is 1. The summed E-state index contributed by atoms with van der Waals surface area (Å²) in [6.07, 6.45) is 1.75. The van der Waals surface area contributed by atoms with Crippen molar-refractivity contribution < 1.29 is 14.3 Å². The molecular weight excluding hydrogens is 260 g/mol. The molecule has 0 fully saturated rings. The van der Waals surface area contributed by atoms with Gasteiger partial charge in [0.1, 0.15) is 5.69 Å². The van der Waals surface area contributed by atoms with Crippen LogP contribution in [0.5, 0.6) is 0 Å². The molecule has 0 unspecified atom stereocenters. The van der Waals surface area contributed by atoms with Gasteiger partial charge in [-0.25, -0.2) is 0 Å². The number of carbonyl (C=O) groups excluding carboxylic acids is 1. The fourth-order valence-corrected chi connectivity index (χ4v) is 1.80. The molecule has 0 aliphatic heterocycles. The number of hydrogen-bond donors (Lipinski definition) is 2. The van der Waals surface area contributed by atoms with Crippen LogP contribution in [0.4, 0.5) is 5.69 Å². The molecule has 1 aromatic heterocycles. The van der Waals surface area contributed by atoms with Gasteiger partial charge in [-0.15, -0.1) is 0 Å². The molecule has 0 atom stereocenters. The van der Waals surface area contributed by atoms with Crippen LogP contribution in [0.2, 0.25) is 0 Å². The lowest BCUT2D eigenvalue weighted by atomic mass is 10.2. The van der Waals surface area contributed by atoms with Crippen LogP contribution < -0.4 is 11.1 Å². The molecule has 0 spiro atoms. The van der Waals surface area contributed by atoms with Crippen molar-refractivity contribution in [2.24, 2.45) is 7.05 Å². The number of nitrogen functional groups attached to an aromatic ring is 1. The van der Waals surface area contributed by atoms with Gasteiger partial charge in [-0.1, -0.05) is 0 Å². The van der Waals surface area contributed by atoms with Crippen molar-refractivity contribution in [1.29, 1.82) is 0 Å². The lowest BCUT2D eigenvalue weighted by molar-refractivity contribution is 0.0686.